The molecule has 0 N–H and O–H groups in total. The number of imidazole rings is 1. The van der Waals surface area contributed by atoms with Gasteiger partial charge >= 0.3 is 0 Å². The number of nitrogens with zero attached hydrogens (tertiary/aromatic N) is 3. The van der Waals surface area contributed by atoms with Crippen LogP contribution in [0, 0.1) is 11.3 Å². The quantitative estimate of drug-likeness (QED) is 0.651. The molecule has 0 bridgehead atoms. The van der Waals surface area contributed by atoms with Gasteiger partial charge in [-0.1, -0.05) is 6.92 Å². The van der Waals surface area contributed by atoms with Crippen molar-refractivity contribution in [1.82, 2.24) is 9.55 Å². The van der Waals surface area contributed by atoms with E-state index in [9.17, 15) is 0 Å². The molecule has 1 heterocycles. The minimum absolute atomic E-state index is 0.555. The number of hydrogen-bond donors (Lipinski definition) is 0. The highest BCUT2D eigenvalue weighted by molar-refractivity contribution is 4.95. The lowest BCUT2D eigenvalue weighted by atomic mass is 10.4. The second kappa shape index (κ2) is 3.77. The zero-order valence-corrected chi connectivity index (χ0v) is 6.62. The van der Waals surface area contributed by atoms with E-state index in [4.69, 9.17) is 5.26 Å². The fourth-order valence-electron chi connectivity index (χ4n) is 0.890. The summed E-state index contributed by atoms with van der Waals surface area (Å²) >= 11 is 0. The molecule has 0 atom stereocenters. The summed E-state index contributed by atoms with van der Waals surface area (Å²) < 4.78 is 1.95. The van der Waals surface area contributed by atoms with E-state index < -0.39 is 0 Å². The van der Waals surface area contributed by atoms with E-state index in [1.54, 1.807) is 6.33 Å². The highest BCUT2D eigenvalue weighted by Gasteiger charge is 1.93. The van der Waals surface area contributed by atoms with Crippen molar-refractivity contribution in [2.45, 2.75) is 26.3 Å². The number of aryl methyl sites for hydroxylation is 2. The van der Waals surface area contributed by atoms with Crippen LogP contribution in [0.2, 0.25) is 0 Å². The molecule has 1 aromatic rings. The van der Waals surface area contributed by atoms with Crippen molar-refractivity contribution in [1.29, 1.82) is 5.26 Å². The van der Waals surface area contributed by atoms with Gasteiger partial charge in [0.25, 0.3) is 0 Å². The average molecular weight is 149 g/mol. The first kappa shape index (κ1) is 7.80. The molecule has 0 aliphatic heterocycles. The van der Waals surface area contributed by atoms with Crippen molar-refractivity contribution in [3.8, 4) is 6.07 Å². The van der Waals surface area contributed by atoms with E-state index in [0.717, 1.165) is 18.7 Å². The van der Waals surface area contributed by atoms with Gasteiger partial charge in [-0.2, -0.15) is 5.26 Å². The first-order valence-corrected chi connectivity index (χ1v) is 3.74. The van der Waals surface area contributed by atoms with Crippen molar-refractivity contribution in [3.63, 3.8) is 0 Å². The molecule has 11 heavy (non-hydrogen) atoms. The highest BCUT2D eigenvalue weighted by Crippen LogP contribution is 1.97. The van der Waals surface area contributed by atoms with E-state index in [1.165, 1.54) is 0 Å². The molecule has 3 nitrogen and oxygen atoms in total. The maximum absolute atomic E-state index is 8.31. The third-order valence-corrected chi connectivity index (χ3v) is 1.53. The van der Waals surface area contributed by atoms with Crippen LogP contribution in [0.25, 0.3) is 0 Å². The molecule has 0 saturated heterocycles. The van der Waals surface area contributed by atoms with Gasteiger partial charge in [0.1, 0.15) is 0 Å². The van der Waals surface area contributed by atoms with Crippen LogP contribution in [0.4, 0.5) is 0 Å². The van der Waals surface area contributed by atoms with Crippen LogP contribution in [0.5, 0.6) is 0 Å². The van der Waals surface area contributed by atoms with Crippen LogP contribution in [-0.2, 0) is 13.0 Å². The Morgan fingerprint density at radius 1 is 1.73 bits per heavy atom. The molecular weight excluding hydrogens is 138 g/mol. The van der Waals surface area contributed by atoms with E-state index in [2.05, 4.69) is 18.0 Å². The lowest BCUT2D eigenvalue weighted by Gasteiger charge is -1.93. The van der Waals surface area contributed by atoms with E-state index in [0.29, 0.717) is 6.42 Å². The van der Waals surface area contributed by atoms with Gasteiger partial charge in [-0.05, 0) is 6.42 Å². The average Bonchev–Trinajstić information content (AvgIpc) is 2.48. The van der Waals surface area contributed by atoms with Gasteiger partial charge in [-0.3, -0.25) is 0 Å². The Balaban J connectivity index is 2.53. The van der Waals surface area contributed by atoms with Crippen LogP contribution in [0.15, 0.2) is 12.5 Å². The highest BCUT2D eigenvalue weighted by atomic mass is 15.0. The van der Waals surface area contributed by atoms with Crippen molar-refractivity contribution in [2.24, 2.45) is 0 Å². The van der Waals surface area contributed by atoms with Gasteiger partial charge in [0, 0.05) is 12.7 Å². The van der Waals surface area contributed by atoms with Crippen molar-refractivity contribution in [2.75, 3.05) is 0 Å². The Hall–Kier alpha value is -1.30. The summed E-state index contributed by atoms with van der Waals surface area (Å²) in [6.45, 7) is 2.82. The van der Waals surface area contributed by atoms with Gasteiger partial charge in [-0.25, -0.2) is 4.98 Å². The number of rotatable bonds is 3. The molecule has 0 aliphatic carbocycles. The lowest BCUT2D eigenvalue weighted by Crippen LogP contribution is -1.91. The van der Waals surface area contributed by atoms with Crippen LogP contribution < -0.4 is 0 Å². The zero-order chi connectivity index (χ0) is 8.10. The van der Waals surface area contributed by atoms with E-state index in [1.807, 2.05) is 10.8 Å². The van der Waals surface area contributed by atoms with Gasteiger partial charge in [0.2, 0.25) is 0 Å². The maximum atomic E-state index is 8.31. The molecular formula is C8H11N3. The molecule has 0 aromatic carbocycles. The topological polar surface area (TPSA) is 41.6 Å². The molecule has 0 radical (unpaired) electrons. The number of hydrogen-bond acceptors (Lipinski definition) is 2. The minimum Gasteiger partial charge on any atom is -0.336 e. The molecule has 0 spiro atoms. The summed E-state index contributed by atoms with van der Waals surface area (Å²) in [5.41, 5.74) is 1.09. The Kier molecular flexibility index (Phi) is 2.67. The lowest BCUT2D eigenvalue weighted by molar-refractivity contribution is 0.714. The molecule has 58 valence electrons. The fraction of sp³-hybridized carbons (Fsp3) is 0.500. The summed E-state index contributed by atoms with van der Waals surface area (Å²) in [4.78, 5) is 4.14. The SMILES string of the molecule is CCc1cn(CCC#N)cn1. The van der Waals surface area contributed by atoms with Crippen LogP contribution in [0.3, 0.4) is 0 Å². The smallest absolute Gasteiger partial charge is 0.0949 e. The largest absolute Gasteiger partial charge is 0.336 e. The third kappa shape index (κ3) is 2.08. The van der Waals surface area contributed by atoms with Crippen molar-refractivity contribution >= 4 is 0 Å². The fourth-order valence-corrected chi connectivity index (χ4v) is 0.890. The van der Waals surface area contributed by atoms with Gasteiger partial charge in [0.15, 0.2) is 0 Å². The first-order chi connectivity index (χ1) is 5.36. The molecule has 0 saturated carbocycles. The molecule has 0 aliphatic rings. The van der Waals surface area contributed by atoms with Crippen LogP contribution >= 0.6 is 0 Å². The Labute approximate surface area is 66.3 Å². The second-order valence-corrected chi connectivity index (χ2v) is 2.36. The Morgan fingerprint density at radius 2 is 2.55 bits per heavy atom. The standard InChI is InChI=1S/C8H11N3/c1-2-8-6-11(7-10-8)5-3-4-9/h6-7H,2-3,5H2,1H3. The van der Waals surface area contributed by atoms with Gasteiger partial charge in [0.05, 0.1) is 24.5 Å². The molecule has 0 amide bonds. The second-order valence-electron chi connectivity index (χ2n) is 2.36. The molecule has 1 aromatic heterocycles. The van der Waals surface area contributed by atoms with Crippen LogP contribution in [0.1, 0.15) is 19.0 Å². The molecule has 0 fully saturated rings. The summed E-state index contributed by atoms with van der Waals surface area (Å²) in [6.07, 6.45) is 5.27. The predicted molar refractivity (Wildman–Crippen MR) is 41.8 cm³/mol. The zero-order valence-electron chi connectivity index (χ0n) is 6.62. The van der Waals surface area contributed by atoms with E-state index >= 15 is 0 Å². The first-order valence-electron chi connectivity index (χ1n) is 3.74. The summed E-state index contributed by atoms with van der Waals surface area (Å²) in [5, 5.41) is 8.31. The van der Waals surface area contributed by atoms with Crippen molar-refractivity contribution in [3.05, 3.63) is 18.2 Å². The predicted octanol–water partition coefficient (Wildman–Crippen LogP) is 1.36. The Bertz CT molecular complexity index is 257. The molecule has 0 unspecified atom stereocenters. The minimum atomic E-state index is 0.555. The monoisotopic (exact) mass is 149 g/mol. The summed E-state index contributed by atoms with van der Waals surface area (Å²) in [7, 11) is 0. The molecule has 3 heteroatoms. The normalized spacial score (nSPS) is 9.45. The third-order valence-electron chi connectivity index (χ3n) is 1.53. The Morgan fingerprint density at radius 3 is 3.09 bits per heavy atom. The van der Waals surface area contributed by atoms with Crippen molar-refractivity contribution < 1.29 is 0 Å². The summed E-state index contributed by atoms with van der Waals surface area (Å²) in [6, 6.07) is 2.09. The number of aromatic nitrogens is 2. The van der Waals surface area contributed by atoms with Gasteiger partial charge in [-0.15, -0.1) is 0 Å². The van der Waals surface area contributed by atoms with E-state index in [-0.39, 0.29) is 0 Å². The molecule has 1 rings (SSSR count). The van der Waals surface area contributed by atoms with Gasteiger partial charge < -0.3 is 4.57 Å². The number of nitriles is 1. The summed E-state index contributed by atoms with van der Waals surface area (Å²) in [5.74, 6) is 0. The maximum Gasteiger partial charge on any atom is 0.0949 e. The van der Waals surface area contributed by atoms with Crippen LogP contribution in [-0.4, -0.2) is 9.55 Å².